The zero-order valence-corrected chi connectivity index (χ0v) is 11.7. The lowest BCUT2D eigenvalue weighted by molar-refractivity contribution is -0.321. The Labute approximate surface area is 118 Å². The minimum Gasteiger partial charge on any atom is -0.376 e. The zero-order chi connectivity index (χ0) is 15.6. The summed E-state index contributed by atoms with van der Waals surface area (Å²) in [5.41, 5.74) is -4.59. The number of unbranched alkanes of at least 4 members (excludes halogenated alkanes) is 2. The first kappa shape index (κ1) is 17.9. The van der Waals surface area contributed by atoms with Gasteiger partial charge in [-0.05, 0) is 6.42 Å². The number of hydrogen-bond acceptors (Lipinski definition) is 1. The average molecular weight is 327 g/mol. The van der Waals surface area contributed by atoms with Gasteiger partial charge >= 0.3 is 6.18 Å². The molecule has 0 aromatic rings. The third kappa shape index (κ3) is 3.53. The van der Waals surface area contributed by atoms with E-state index < -0.39 is 42.1 Å². The molecule has 0 aliphatic heterocycles. The Hall–Kier alpha value is -0.170. The van der Waals surface area contributed by atoms with E-state index in [9.17, 15) is 26.3 Å². The fourth-order valence-electron chi connectivity index (χ4n) is 2.16. The van der Waals surface area contributed by atoms with Gasteiger partial charge in [-0.25, -0.2) is 13.2 Å². The summed E-state index contributed by atoms with van der Waals surface area (Å²) in [6, 6.07) is 0. The monoisotopic (exact) mass is 326 g/mol. The van der Waals surface area contributed by atoms with Crippen LogP contribution in [0.25, 0.3) is 0 Å². The van der Waals surface area contributed by atoms with Gasteiger partial charge in [0.1, 0.15) is 0 Å². The van der Waals surface area contributed by atoms with Gasteiger partial charge in [0, 0.05) is 19.4 Å². The SMILES string of the molecule is CCCCCO[C@@H]1CC(F)(F)[C@](F)(C(F)(F)F)C[C@H]1Cl. The molecule has 8 heteroatoms. The summed E-state index contributed by atoms with van der Waals surface area (Å²) in [5, 5.41) is -1.43. The Morgan fingerprint density at radius 1 is 1.15 bits per heavy atom. The van der Waals surface area contributed by atoms with Crippen molar-refractivity contribution in [3.05, 3.63) is 0 Å². The zero-order valence-electron chi connectivity index (χ0n) is 11.0. The first-order valence-electron chi connectivity index (χ1n) is 6.44. The van der Waals surface area contributed by atoms with Crippen LogP contribution < -0.4 is 0 Å². The Morgan fingerprint density at radius 2 is 1.75 bits per heavy atom. The number of halogens is 7. The van der Waals surface area contributed by atoms with Gasteiger partial charge in [0.2, 0.25) is 0 Å². The van der Waals surface area contributed by atoms with Crippen molar-refractivity contribution >= 4 is 11.6 Å². The van der Waals surface area contributed by atoms with Crippen LogP contribution in [0.2, 0.25) is 0 Å². The van der Waals surface area contributed by atoms with Gasteiger partial charge in [-0.1, -0.05) is 19.8 Å². The van der Waals surface area contributed by atoms with Crippen LogP contribution in [-0.4, -0.2) is 35.9 Å². The third-order valence-electron chi connectivity index (χ3n) is 3.45. The largest absolute Gasteiger partial charge is 0.428 e. The summed E-state index contributed by atoms with van der Waals surface area (Å²) in [5.74, 6) is -4.54. The quantitative estimate of drug-likeness (QED) is 0.398. The van der Waals surface area contributed by atoms with E-state index in [1.54, 1.807) is 0 Å². The molecule has 0 amide bonds. The Morgan fingerprint density at radius 3 is 2.25 bits per heavy atom. The van der Waals surface area contributed by atoms with E-state index in [1.165, 1.54) is 0 Å². The highest BCUT2D eigenvalue weighted by atomic mass is 35.5. The molecule has 0 aromatic carbocycles. The molecule has 0 N–H and O–H groups in total. The maximum atomic E-state index is 13.7. The minimum absolute atomic E-state index is 0.128. The molecular formula is C12H17ClF6O. The van der Waals surface area contributed by atoms with Crippen LogP contribution in [0.15, 0.2) is 0 Å². The third-order valence-corrected chi connectivity index (χ3v) is 3.88. The van der Waals surface area contributed by atoms with Crippen molar-refractivity contribution in [1.29, 1.82) is 0 Å². The molecule has 0 spiro atoms. The second-order valence-electron chi connectivity index (χ2n) is 5.04. The molecule has 1 aliphatic rings. The summed E-state index contributed by atoms with van der Waals surface area (Å²) in [6.45, 7) is 2.06. The smallest absolute Gasteiger partial charge is 0.376 e. The predicted octanol–water partition coefficient (Wildman–Crippen LogP) is 4.87. The van der Waals surface area contributed by atoms with Crippen molar-refractivity contribution in [2.75, 3.05) is 6.61 Å². The van der Waals surface area contributed by atoms with Crippen LogP contribution in [-0.2, 0) is 4.74 Å². The molecule has 1 rings (SSSR count). The highest BCUT2D eigenvalue weighted by Gasteiger charge is 2.74. The fourth-order valence-corrected chi connectivity index (χ4v) is 2.54. The number of alkyl halides is 7. The van der Waals surface area contributed by atoms with Crippen molar-refractivity contribution in [2.24, 2.45) is 0 Å². The summed E-state index contributed by atoms with van der Waals surface area (Å²) < 4.78 is 83.4. The van der Waals surface area contributed by atoms with Gasteiger partial charge in [-0.15, -0.1) is 11.6 Å². The molecule has 1 fully saturated rings. The number of ether oxygens (including phenoxy) is 1. The highest BCUT2D eigenvalue weighted by Crippen LogP contribution is 2.54. The van der Waals surface area contributed by atoms with E-state index in [2.05, 4.69) is 0 Å². The molecule has 0 aromatic heterocycles. The second-order valence-corrected chi connectivity index (χ2v) is 5.60. The van der Waals surface area contributed by atoms with Crippen LogP contribution in [0, 0.1) is 0 Å². The van der Waals surface area contributed by atoms with Crippen molar-refractivity contribution < 1.29 is 31.1 Å². The van der Waals surface area contributed by atoms with Gasteiger partial charge < -0.3 is 4.74 Å². The van der Waals surface area contributed by atoms with Crippen LogP contribution >= 0.6 is 11.6 Å². The summed E-state index contributed by atoms with van der Waals surface area (Å²) >= 11 is 5.61. The molecule has 0 radical (unpaired) electrons. The Kier molecular flexibility index (Phi) is 5.63. The molecular weight excluding hydrogens is 310 g/mol. The lowest BCUT2D eigenvalue weighted by atomic mass is 9.80. The van der Waals surface area contributed by atoms with Gasteiger partial charge in [0.05, 0.1) is 11.5 Å². The van der Waals surface area contributed by atoms with E-state index in [-0.39, 0.29) is 6.61 Å². The van der Waals surface area contributed by atoms with Crippen molar-refractivity contribution in [1.82, 2.24) is 0 Å². The lowest BCUT2D eigenvalue weighted by Crippen LogP contribution is -2.62. The molecule has 0 heterocycles. The molecule has 3 atom stereocenters. The molecule has 20 heavy (non-hydrogen) atoms. The van der Waals surface area contributed by atoms with Crippen molar-refractivity contribution in [3.8, 4) is 0 Å². The van der Waals surface area contributed by atoms with Crippen molar-refractivity contribution in [3.63, 3.8) is 0 Å². The maximum absolute atomic E-state index is 13.7. The summed E-state index contributed by atoms with van der Waals surface area (Å²) in [6.07, 6.45) is -7.48. The van der Waals surface area contributed by atoms with E-state index in [1.807, 2.05) is 6.92 Å². The topological polar surface area (TPSA) is 9.23 Å². The predicted molar refractivity (Wildman–Crippen MR) is 63.0 cm³/mol. The van der Waals surface area contributed by atoms with E-state index in [0.29, 0.717) is 6.42 Å². The molecule has 1 aliphatic carbocycles. The van der Waals surface area contributed by atoms with Crippen LogP contribution in [0.3, 0.4) is 0 Å². The first-order valence-corrected chi connectivity index (χ1v) is 6.88. The molecule has 0 bridgehead atoms. The summed E-state index contributed by atoms with van der Waals surface area (Å²) in [4.78, 5) is 0. The van der Waals surface area contributed by atoms with Gasteiger partial charge in [-0.3, -0.25) is 0 Å². The van der Waals surface area contributed by atoms with Gasteiger partial charge in [0.15, 0.2) is 0 Å². The highest BCUT2D eigenvalue weighted by molar-refractivity contribution is 6.21. The van der Waals surface area contributed by atoms with E-state index >= 15 is 0 Å². The normalized spacial score (nSPS) is 34.2. The van der Waals surface area contributed by atoms with Crippen LogP contribution in [0.1, 0.15) is 39.0 Å². The minimum atomic E-state index is -5.66. The standard InChI is InChI=1S/C12H17ClF6O/c1-2-3-4-5-20-9-7-11(15,16)10(14,6-8(9)13)12(17,18)19/h8-9H,2-7H2,1H3/t8-,9-,10+/m1/s1. The molecule has 120 valence electrons. The molecule has 1 nitrogen and oxygen atoms in total. The molecule has 1 saturated carbocycles. The second kappa shape index (κ2) is 6.30. The summed E-state index contributed by atoms with van der Waals surface area (Å²) in [7, 11) is 0. The lowest BCUT2D eigenvalue weighted by Gasteiger charge is -2.43. The van der Waals surface area contributed by atoms with Crippen LogP contribution in [0.4, 0.5) is 26.3 Å². The van der Waals surface area contributed by atoms with Crippen molar-refractivity contribution in [2.45, 2.75) is 68.3 Å². The number of hydrogen-bond donors (Lipinski definition) is 0. The fraction of sp³-hybridized carbons (Fsp3) is 1.00. The Bertz CT molecular complexity index is 322. The Balaban J connectivity index is 2.72. The van der Waals surface area contributed by atoms with Crippen LogP contribution in [0.5, 0.6) is 0 Å². The van der Waals surface area contributed by atoms with E-state index in [0.717, 1.165) is 12.8 Å². The first-order chi connectivity index (χ1) is 9.05. The average Bonchev–Trinajstić information content (AvgIpc) is 2.29. The molecule has 0 unspecified atom stereocenters. The number of rotatable bonds is 5. The van der Waals surface area contributed by atoms with Gasteiger partial charge in [0.25, 0.3) is 11.6 Å². The molecule has 0 saturated heterocycles. The maximum Gasteiger partial charge on any atom is 0.428 e. The van der Waals surface area contributed by atoms with Gasteiger partial charge in [-0.2, -0.15) is 13.2 Å². The van der Waals surface area contributed by atoms with E-state index in [4.69, 9.17) is 16.3 Å².